The zero-order valence-electron chi connectivity index (χ0n) is 11.7. The van der Waals surface area contributed by atoms with E-state index < -0.39 is 4.92 Å². The second-order valence-corrected chi connectivity index (χ2v) is 4.76. The molecule has 1 aromatic rings. The Morgan fingerprint density at radius 3 is 3.14 bits per heavy atom. The molecule has 2 heterocycles. The highest BCUT2D eigenvalue weighted by atomic mass is 16.6. The number of nitro groups is 1. The van der Waals surface area contributed by atoms with Gasteiger partial charge in [-0.15, -0.1) is 0 Å². The highest BCUT2D eigenvalue weighted by molar-refractivity contribution is 5.93. The number of amides is 1. The monoisotopic (exact) mass is 288 g/mol. The maximum atomic E-state index is 11.5. The first kappa shape index (κ1) is 14.8. The largest absolute Gasteiger partial charge is 0.369 e. The highest BCUT2D eigenvalue weighted by Crippen LogP contribution is 2.22. The van der Waals surface area contributed by atoms with Crippen LogP contribution in [-0.2, 0) is 4.79 Å². The maximum absolute atomic E-state index is 11.5. The van der Waals surface area contributed by atoms with Crippen LogP contribution in [0.3, 0.4) is 0 Å². The van der Waals surface area contributed by atoms with Crippen molar-refractivity contribution in [1.82, 2.24) is 10.3 Å². The third-order valence-corrected chi connectivity index (χ3v) is 3.28. The molecule has 0 aliphatic carbocycles. The van der Waals surface area contributed by atoms with Crippen molar-refractivity contribution in [2.45, 2.75) is 25.8 Å². The van der Waals surface area contributed by atoms with Crippen molar-refractivity contribution in [3.63, 3.8) is 0 Å². The zero-order chi connectivity index (χ0) is 15.2. The summed E-state index contributed by atoms with van der Waals surface area (Å²) in [6.07, 6.45) is 3.21. The van der Waals surface area contributed by atoms with Gasteiger partial charge in [0.25, 0.3) is 5.91 Å². The Bertz CT molecular complexity index is 606. The molecular weight excluding hydrogens is 272 g/mol. The first-order valence-corrected chi connectivity index (χ1v) is 6.69. The molecule has 1 aliphatic rings. The molecule has 1 fully saturated rings. The van der Waals surface area contributed by atoms with Gasteiger partial charge >= 0.3 is 5.82 Å². The fourth-order valence-electron chi connectivity index (χ4n) is 2.37. The lowest BCUT2D eigenvalue weighted by Gasteiger charge is -2.34. The molecule has 1 aliphatic heterocycles. The third kappa shape index (κ3) is 3.92. The molecule has 0 aromatic carbocycles. The number of hydrogen-bond donors (Lipinski definition) is 1. The van der Waals surface area contributed by atoms with Crippen LogP contribution in [-0.4, -0.2) is 34.9 Å². The molecule has 1 saturated heterocycles. The van der Waals surface area contributed by atoms with E-state index in [0.29, 0.717) is 6.54 Å². The van der Waals surface area contributed by atoms with E-state index in [-0.39, 0.29) is 17.8 Å². The van der Waals surface area contributed by atoms with E-state index >= 15 is 0 Å². The molecule has 21 heavy (non-hydrogen) atoms. The van der Waals surface area contributed by atoms with E-state index in [2.05, 4.69) is 22.1 Å². The Balaban J connectivity index is 2.06. The molecule has 1 aromatic heterocycles. The SMILES string of the molecule is CC#CC(=O)NC1CCCN(c2ccnc([N+](=O)[O-])c2)C1. The van der Waals surface area contributed by atoms with Gasteiger partial charge in [-0.25, -0.2) is 0 Å². The number of carbonyl (C=O) groups is 1. The van der Waals surface area contributed by atoms with Crippen LogP contribution in [0.4, 0.5) is 11.5 Å². The maximum Gasteiger partial charge on any atom is 0.365 e. The lowest BCUT2D eigenvalue weighted by molar-refractivity contribution is -0.389. The number of nitrogens with zero attached hydrogens (tertiary/aromatic N) is 3. The van der Waals surface area contributed by atoms with Gasteiger partial charge in [0.2, 0.25) is 0 Å². The number of rotatable bonds is 3. The van der Waals surface area contributed by atoms with Crippen molar-refractivity contribution in [1.29, 1.82) is 0 Å². The van der Waals surface area contributed by atoms with E-state index in [4.69, 9.17) is 0 Å². The second kappa shape index (κ2) is 6.70. The number of pyridine rings is 1. The van der Waals surface area contributed by atoms with Crippen molar-refractivity contribution in [3.8, 4) is 11.8 Å². The average Bonchev–Trinajstić information content (AvgIpc) is 2.48. The van der Waals surface area contributed by atoms with Crippen LogP contribution in [0.25, 0.3) is 0 Å². The predicted molar refractivity (Wildman–Crippen MR) is 77.7 cm³/mol. The summed E-state index contributed by atoms with van der Waals surface area (Å²) in [7, 11) is 0. The topological polar surface area (TPSA) is 88.4 Å². The average molecular weight is 288 g/mol. The second-order valence-electron chi connectivity index (χ2n) is 4.76. The first-order chi connectivity index (χ1) is 10.1. The first-order valence-electron chi connectivity index (χ1n) is 6.69. The molecule has 0 saturated carbocycles. The molecule has 0 spiro atoms. The van der Waals surface area contributed by atoms with Crippen LogP contribution in [0, 0.1) is 22.0 Å². The van der Waals surface area contributed by atoms with Crippen LogP contribution >= 0.6 is 0 Å². The minimum Gasteiger partial charge on any atom is -0.369 e. The Morgan fingerprint density at radius 2 is 2.43 bits per heavy atom. The smallest absolute Gasteiger partial charge is 0.365 e. The van der Waals surface area contributed by atoms with Gasteiger partial charge in [-0.1, -0.05) is 5.92 Å². The Morgan fingerprint density at radius 1 is 1.62 bits per heavy atom. The van der Waals surface area contributed by atoms with E-state index in [1.54, 1.807) is 13.0 Å². The van der Waals surface area contributed by atoms with E-state index in [1.807, 2.05) is 4.90 Å². The Kier molecular flexibility index (Phi) is 4.72. The van der Waals surface area contributed by atoms with Gasteiger partial charge in [-0.3, -0.25) is 4.79 Å². The molecule has 1 unspecified atom stereocenters. The number of hydrogen-bond acceptors (Lipinski definition) is 5. The van der Waals surface area contributed by atoms with Gasteiger partial charge in [-0.2, -0.15) is 0 Å². The van der Waals surface area contributed by atoms with Gasteiger partial charge in [0.05, 0.1) is 6.07 Å². The molecule has 0 radical (unpaired) electrons. The summed E-state index contributed by atoms with van der Waals surface area (Å²) in [6, 6.07) is 3.19. The molecule has 1 N–H and O–H groups in total. The minimum absolute atomic E-state index is 0.000628. The van der Waals surface area contributed by atoms with Crippen molar-refractivity contribution in [2.24, 2.45) is 0 Å². The molecule has 7 nitrogen and oxygen atoms in total. The van der Waals surface area contributed by atoms with Crippen LogP contribution in [0.1, 0.15) is 19.8 Å². The van der Waals surface area contributed by atoms with Gasteiger partial charge < -0.3 is 20.3 Å². The lowest BCUT2D eigenvalue weighted by atomic mass is 10.0. The van der Waals surface area contributed by atoms with Crippen molar-refractivity contribution >= 4 is 17.4 Å². The normalized spacial score (nSPS) is 17.6. The van der Waals surface area contributed by atoms with E-state index in [1.165, 1.54) is 12.3 Å². The summed E-state index contributed by atoms with van der Waals surface area (Å²) in [5.74, 6) is 4.56. The van der Waals surface area contributed by atoms with Gasteiger partial charge in [0.15, 0.2) is 0 Å². The minimum atomic E-state index is -0.510. The van der Waals surface area contributed by atoms with Crippen LogP contribution in [0.2, 0.25) is 0 Å². The molecule has 2 rings (SSSR count). The number of carbonyl (C=O) groups excluding carboxylic acids is 1. The summed E-state index contributed by atoms with van der Waals surface area (Å²) in [6.45, 7) is 3.02. The summed E-state index contributed by atoms with van der Waals surface area (Å²) in [5, 5.41) is 13.6. The van der Waals surface area contributed by atoms with E-state index in [0.717, 1.165) is 25.1 Å². The van der Waals surface area contributed by atoms with Crippen molar-refractivity contribution in [3.05, 3.63) is 28.4 Å². The Hall–Kier alpha value is -2.62. The van der Waals surface area contributed by atoms with Crippen LogP contribution in [0.15, 0.2) is 18.3 Å². The Labute approximate surface area is 122 Å². The molecule has 1 atom stereocenters. The molecular formula is C14H16N4O3. The fraction of sp³-hybridized carbons (Fsp3) is 0.429. The molecule has 1 amide bonds. The number of anilines is 1. The lowest BCUT2D eigenvalue weighted by Crippen LogP contribution is -2.47. The quantitative estimate of drug-likeness (QED) is 0.511. The highest BCUT2D eigenvalue weighted by Gasteiger charge is 2.22. The summed E-state index contributed by atoms with van der Waals surface area (Å²) < 4.78 is 0. The van der Waals surface area contributed by atoms with Crippen molar-refractivity contribution < 1.29 is 9.72 Å². The fourth-order valence-corrected chi connectivity index (χ4v) is 2.37. The summed E-state index contributed by atoms with van der Waals surface area (Å²) >= 11 is 0. The van der Waals surface area contributed by atoms with E-state index in [9.17, 15) is 14.9 Å². The third-order valence-electron chi connectivity index (χ3n) is 3.28. The van der Waals surface area contributed by atoms with Crippen LogP contribution < -0.4 is 10.2 Å². The van der Waals surface area contributed by atoms with Gasteiger partial charge in [-0.05, 0) is 35.6 Å². The number of aromatic nitrogens is 1. The van der Waals surface area contributed by atoms with Crippen LogP contribution in [0.5, 0.6) is 0 Å². The van der Waals surface area contributed by atoms with Gasteiger partial charge in [0.1, 0.15) is 6.20 Å². The predicted octanol–water partition coefficient (Wildman–Crippen LogP) is 1.10. The molecule has 0 bridgehead atoms. The van der Waals surface area contributed by atoms with Crippen molar-refractivity contribution in [2.75, 3.05) is 18.0 Å². The standard InChI is InChI=1S/C14H16N4O3/c1-2-4-14(19)16-11-5-3-8-17(10-11)12-6-7-15-13(9-12)18(20)21/h6-7,9,11H,3,5,8,10H2,1H3,(H,16,19). The number of nitrogens with one attached hydrogen (secondary N) is 1. The molecule has 7 heteroatoms. The summed E-state index contributed by atoms with van der Waals surface area (Å²) in [5.41, 5.74) is 0.747. The summed E-state index contributed by atoms with van der Waals surface area (Å²) in [4.78, 5) is 27.5. The zero-order valence-corrected chi connectivity index (χ0v) is 11.7. The van der Waals surface area contributed by atoms with Gasteiger partial charge in [0, 0.05) is 30.9 Å². The molecule has 110 valence electrons. The number of piperidine rings is 1.